The van der Waals surface area contributed by atoms with Crippen molar-refractivity contribution in [1.29, 1.82) is 0 Å². The third kappa shape index (κ3) is 6.94. The summed E-state index contributed by atoms with van der Waals surface area (Å²) in [5.41, 5.74) is 7.34. The van der Waals surface area contributed by atoms with Crippen molar-refractivity contribution in [3.05, 3.63) is 40.9 Å². The second-order valence-electron chi connectivity index (χ2n) is 4.39. The number of nitrogens with two attached hydrogens (primary N) is 1. The fourth-order valence-corrected chi connectivity index (χ4v) is 1.60. The van der Waals surface area contributed by atoms with E-state index in [4.69, 9.17) is 5.73 Å². The Hall–Kier alpha value is -1.82. The number of hydrogen-bond donors (Lipinski definition) is 3. The molecule has 0 aliphatic rings. The third-order valence-corrected chi connectivity index (χ3v) is 2.83. The van der Waals surface area contributed by atoms with Crippen LogP contribution in [0.1, 0.15) is 13.3 Å². The average molecular weight is 339 g/mol. The van der Waals surface area contributed by atoms with Crippen molar-refractivity contribution in [3.8, 4) is 0 Å². The van der Waals surface area contributed by atoms with E-state index in [-0.39, 0.29) is 5.91 Å². The number of amides is 1. The van der Waals surface area contributed by atoms with Gasteiger partial charge in [-0.25, -0.2) is 4.99 Å². The summed E-state index contributed by atoms with van der Waals surface area (Å²) in [5.74, 6) is 0.247. The molecule has 0 aromatic heterocycles. The molecule has 5 nitrogen and oxygen atoms in total. The largest absolute Gasteiger partial charge is 0.370 e. The van der Waals surface area contributed by atoms with Crippen LogP contribution < -0.4 is 16.4 Å². The third-order valence-electron chi connectivity index (χ3n) is 2.31. The molecule has 0 unspecified atom stereocenters. The van der Waals surface area contributed by atoms with Gasteiger partial charge in [-0.05, 0) is 31.2 Å². The SMILES string of the molecule is C=C(C)CN=C(N)NCCC(=O)Nc1ccc(Br)cc1. The first kappa shape index (κ1) is 16.2. The van der Waals surface area contributed by atoms with Crippen LogP contribution in [0, 0.1) is 0 Å². The van der Waals surface area contributed by atoms with Crippen LogP contribution in [0.25, 0.3) is 0 Å². The van der Waals surface area contributed by atoms with E-state index >= 15 is 0 Å². The van der Waals surface area contributed by atoms with E-state index in [1.807, 2.05) is 31.2 Å². The maximum absolute atomic E-state index is 11.7. The van der Waals surface area contributed by atoms with Crippen LogP contribution in [-0.4, -0.2) is 25.0 Å². The van der Waals surface area contributed by atoms with Crippen molar-refractivity contribution in [2.24, 2.45) is 10.7 Å². The molecule has 1 amide bonds. The predicted molar refractivity (Wildman–Crippen MR) is 86.7 cm³/mol. The van der Waals surface area contributed by atoms with Gasteiger partial charge in [0.25, 0.3) is 0 Å². The number of rotatable bonds is 6. The summed E-state index contributed by atoms with van der Waals surface area (Å²) < 4.78 is 0.971. The molecule has 1 aromatic carbocycles. The van der Waals surface area contributed by atoms with Crippen molar-refractivity contribution in [2.75, 3.05) is 18.4 Å². The van der Waals surface area contributed by atoms with Crippen LogP contribution in [0.15, 0.2) is 45.9 Å². The van der Waals surface area contributed by atoms with E-state index in [2.05, 4.69) is 38.1 Å². The summed E-state index contributed by atoms with van der Waals surface area (Å²) in [7, 11) is 0. The fraction of sp³-hybridized carbons (Fsp3) is 0.286. The second kappa shape index (κ2) is 8.37. The highest BCUT2D eigenvalue weighted by molar-refractivity contribution is 9.10. The van der Waals surface area contributed by atoms with Crippen molar-refractivity contribution in [2.45, 2.75) is 13.3 Å². The molecule has 20 heavy (non-hydrogen) atoms. The Morgan fingerprint density at radius 2 is 2.05 bits per heavy atom. The zero-order valence-corrected chi connectivity index (χ0v) is 13.0. The van der Waals surface area contributed by atoms with Gasteiger partial charge in [-0.2, -0.15) is 0 Å². The van der Waals surface area contributed by atoms with E-state index < -0.39 is 0 Å². The lowest BCUT2D eigenvalue weighted by Crippen LogP contribution is -2.34. The Morgan fingerprint density at radius 3 is 2.65 bits per heavy atom. The van der Waals surface area contributed by atoms with Gasteiger partial charge in [0.2, 0.25) is 5.91 Å². The fourth-order valence-electron chi connectivity index (χ4n) is 1.34. The Morgan fingerprint density at radius 1 is 1.40 bits per heavy atom. The Bertz CT molecular complexity index is 496. The number of anilines is 1. The van der Waals surface area contributed by atoms with Gasteiger partial charge in [-0.3, -0.25) is 4.79 Å². The van der Waals surface area contributed by atoms with Crippen molar-refractivity contribution < 1.29 is 4.79 Å². The van der Waals surface area contributed by atoms with Gasteiger partial charge in [0.05, 0.1) is 6.54 Å². The highest BCUT2D eigenvalue weighted by Crippen LogP contribution is 2.14. The van der Waals surface area contributed by atoms with E-state index in [1.54, 1.807) is 0 Å². The molecule has 0 saturated carbocycles. The number of halogens is 1. The van der Waals surface area contributed by atoms with Gasteiger partial charge >= 0.3 is 0 Å². The number of carbonyl (C=O) groups is 1. The molecule has 6 heteroatoms. The van der Waals surface area contributed by atoms with Crippen LogP contribution in [0.4, 0.5) is 5.69 Å². The van der Waals surface area contributed by atoms with Gasteiger partial charge in [-0.15, -0.1) is 0 Å². The molecule has 0 atom stereocenters. The van der Waals surface area contributed by atoms with Crippen molar-refractivity contribution in [1.82, 2.24) is 5.32 Å². The number of aliphatic imine (C=N–C) groups is 1. The average Bonchev–Trinajstić information content (AvgIpc) is 2.39. The van der Waals surface area contributed by atoms with Crippen LogP contribution in [0.2, 0.25) is 0 Å². The molecule has 1 rings (SSSR count). The van der Waals surface area contributed by atoms with Crippen molar-refractivity contribution >= 4 is 33.5 Å². The molecule has 108 valence electrons. The lowest BCUT2D eigenvalue weighted by atomic mass is 10.3. The number of nitrogens with zero attached hydrogens (tertiary/aromatic N) is 1. The number of hydrogen-bond acceptors (Lipinski definition) is 2. The first-order chi connectivity index (χ1) is 9.47. The Kier molecular flexibility index (Phi) is 6.79. The van der Waals surface area contributed by atoms with E-state index in [9.17, 15) is 4.79 Å². The summed E-state index contributed by atoms with van der Waals surface area (Å²) in [6, 6.07) is 7.41. The first-order valence-corrected chi connectivity index (χ1v) is 7.00. The lowest BCUT2D eigenvalue weighted by Gasteiger charge is -2.07. The zero-order chi connectivity index (χ0) is 15.0. The van der Waals surface area contributed by atoms with E-state index in [0.29, 0.717) is 25.5 Å². The minimum absolute atomic E-state index is 0.0764. The number of nitrogens with one attached hydrogen (secondary N) is 2. The molecule has 1 aromatic rings. The minimum atomic E-state index is -0.0764. The molecular weight excluding hydrogens is 320 g/mol. The quantitative estimate of drug-likeness (QED) is 0.423. The van der Waals surface area contributed by atoms with Gasteiger partial charge in [-0.1, -0.05) is 28.1 Å². The standard InChI is InChI=1S/C14H19BrN4O/c1-10(2)9-18-14(16)17-8-7-13(20)19-12-5-3-11(15)4-6-12/h3-6H,1,7-9H2,2H3,(H,19,20)(H3,16,17,18). The van der Waals surface area contributed by atoms with Crippen LogP contribution >= 0.6 is 15.9 Å². The molecule has 0 bridgehead atoms. The van der Waals surface area contributed by atoms with Gasteiger partial charge < -0.3 is 16.4 Å². The summed E-state index contributed by atoms with van der Waals surface area (Å²) in [5, 5.41) is 5.68. The van der Waals surface area contributed by atoms with Crippen LogP contribution in [0.3, 0.4) is 0 Å². The Labute approximate surface area is 127 Å². The van der Waals surface area contributed by atoms with Gasteiger partial charge in [0.15, 0.2) is 5.96 Å². The molecular formula is C14H19BrN4O. The molecule has 0 fully saturated rings. The monoisotopic (exact) mass is 338 g/mol. The summed E-state index contributed by atoms with van der Waals surface area (Å²) in [4.78, 5) is 15.7. The maximum atomic E-state index is 11.7. The minimum Gasteiger partial charge on any atom is -0.370 e. The highest BCUT2D eigenvalue weighted by atomic mass is 79.9. The number of carbonyl (C=O) groups excluding carboxylic acids is 1. The van der Waals surface area contributed by atoms with Crippen molar-refractivity contribution in [3.63, 3.8) is 0 Å². The number of guanidine groups is 1. The topological polar surface area (TPSA) is 79.5 Å². The molecule has 0 radical (unpaired) electrons. The molecule has 0 heterocycles. The van der Waals surface area contributed by atoms with E-state index in [1.165, 1.54) is 0 Å². The second-order valence-corrected chi connectivity index (χ2v) is 5.31. The van der Waals surface area contributed by atoms with Crippen LogP contribution in [0.5, 0.6) is 0 Å². The molecule has 4 N–H and O–H groups in total. The highest BCUT2D eigenvalue weighted by Gasteiger charge is 2.02. The molecule has 0 spiro atoms. The molecule has 0 saturated heterocycles. The summed E-state index contributed by atoms with van der Waals surface area (Å²) in [6.07, 6.45) is 0.319. The predicted octanol–water partition coefficient (Wildman–Crippen LogP) is 2.26. The smallest absolute Gasteiger partial charge is 0.226 e. The van der Waals surface area contributed by atoms with E-state index in [0.717, 1.165) is 15.7 Å². The molecule has 0 aliphatic carbocycles. The summed E-state index contributed by atoms with van der Waals surface area (Å²) in [6.45, 7) is 6.54. The summed E-state index contributed by atoms with van der Waals surface area (Å²) >= 11 is 3.34. The van der Waals surface area contributed by atoms with Gasteiger partial charge in [0.1, 0.15) is 0 Å². The van der Waals surface area contributed by atoms with Gasteiger partial charge in [0, 0.05) is 23.1 Å². The first-order valence-electron chi connectivity index (χ1n) is 6.21. The Balaban J connectivity index is 2.28. The van der Waals surface area contributed by atoms with Crippen LogP contribution in [-0.2, 0) is 4.79 Å². The molecule has 0 aliphatic heterocycles. The maximum Gasteiger partial charge on any atom is 0.226 e. The lowest BCUT2D eigenvalue weighted by molar-refractivity contribution is -0.116. The normalized spacial score (nSPS) is 11.0. The number of benzene rings is 1. The zero-order valence-electron chi connectivity index (χ0n) is 11.4.